The van der Waals surface area contributed by atoms with Gasteiger partial charge in [0.2, 0.25) is 0 Å². The molecule has 2 rings (SSSR count). The molecule has 6 heteroatoms. The van der Waals surface area contributed by atoms with Gasteiger partial charge in [0.05, 0.1) is 5.56 Å². The van der Waals surface area contributed by atoms with Gasteiger partial charge in [-0.2, -0.15) is 0 Å². The number of carboxylic acids is 1. The van der Waals surface area contributed by atoms with Gasteiger partial charge < -0.3 is 10.4 Å². The van der Waals surface area contributed by atoms with E-state index in [0.29, 0.717) is 17.7 Å². The predicted molar refractivity (Wildman–Crippen MR) is 67.7 cm³/mol. The van der Waals surface area contributed by atoms with E-state index in [1.807, 2.05) is 0 Å². The zero-order valence-electron chi connectivity index (χ0n) is 10.4. The Morgan fingerprint density at radius 2 is 1.65 bits per heavy atom. The molecule has 0 bridgehead atoms. The Bertz CT molecular complexity index is 643. The molecule has 3 nitrogen and oxygen atoms in total. The van der Waals surface area contributed by atoms with Crippen molar-refractivity contribution < 1.29 is 23.1 Å². The highest BCUT2D eigenvalue weighted by atomic mass is 19.1. The predicted octanol–water partition coefficient (Wildman–Crippen LogP) is 3.85. The molecule has 0 radical (unpaired) electrons. The summed E-state index contributed by atoms with van der Waals surface area (Å²) >= 11 is 0. The fourth-order valence-corrected chi connectivity index (χ4v) is 1.77. The van der Waals surface area contributed by atoms with Crippen LogP contribution in [-0.4, -0.2) is 11.1 Å². The van der Waals surface area contributed by atoms with Crippen LogP contribution in [-0.2, 0) is 0 Å². The van der Waals surface area contributed by atoms with E-state index < -0.39 is 34.7 Å². The quantitative estimate of drug-likeness (QED) is 0.898. The van der Waals surface area contributed by atoms with Gasteiger partial charge in [-0.25, -0.2) is 18.0 Å². The van der Waals surface area contributed by atoms with Gasteiger partial charge in [0.25, 0.3) is 0 Å². The maximum Gasteiger partial charge on any atom is 0.335 e. The molecule has 2 aromatic carbocycles. The van der Waals surface area contributed by atoms with Crippen LogP contribution in [0.15, 0.2) is 30.3 Å². The summed E-state index contributed by atoms with van der Waals surface area (Å²) in [6, 6.07) is 5.25. The lowest BCUT2D eigenvalue weighted by molar-refractivity contribution is 0.0696. The summed E-state index contributed by atoms with van der Waals surface area (Å²) in [6.07, 6.45) is 0. The number of aryl methyl sites for hydroxylation is 1. The number of anilines is 2. The third kappa shape index (κ3) is 2.90. The summed E-state index contributed by atoms with van der Waals surface area (Å²) in [5.41, 5.74) is -0.278. The minimum atomic E-state index is -1.43. The van der Waals surface area contributed by atoms with Crippen LogP contribution in [0.4, 0.5) is 24.5 Å². The van der Waals surface area contributed by atoms with Crippen molar-refractivity contribution >= 4 is 17.3 Å². The van der Waals surface area contributed by atoms with Gasteiger partial charge in [0.15, 0.2) is 11.6 Å². The minimum absolute atomic E-state index is 0.170. The van der Waals surface area contributed by atoms with Crippen LogP contribution in [0.25, 0.3) is 0 Å². The first-order chi connectivity index (χ1) is 9.36. The summed E-state index contributed by atoms with van der Waals surface area (Å²) in [5.74, 6) is -4.11. The number of halogens is 3. The van der Waals surface area contributed by atoms with Gasteiger partial charge in [-0.05, 0) is 42.8 Å². The number of benzene rings is 2. The van der Waals surface area contributed by atoms with E-state index in [9.17, 15) is 18.0 Å². The average molecular weight is 281 g/mol. The van der Waals surface area contributed by atoms with Gasteiger partial charge in [-0.1, -0.05) is 0 Å². The highest BCUT2D eigenvalue weighted by molar-refractivity contribution is 5.88. The van der Waals surface area contributed by atoms with Crippen molar-refractivity contribution in [1.29, 1.82) is 0 Å². The fraction of sp³-hybridized carbons (Fsp3) is 0.0714. The van der Waals surface area contributed by atoms with Crippen LogP contribution in [0.5, 0.6) is 0 Å². The van der Waals surface area contributed by atoms with Gasteiger partial charge in [0.1, 0.15) is 11.5 Å². The van der Waals surface area contributed by atoms with Crippen molar-refractivity contribution in [1.82, 2.24) is 0 Å². The highest BCUT2D eigenvalue weighted by Gasteiger charge is 2.15. The summed E-state index contributed by atoms with van der Waals surface area (Å²) in [6.45, 7) is 1.63. The zero-order valence-corrected chi connectivity index (χ0v) is 10.4. The largest absolute Gasteiger partial charge is 0.478 e. The van der Waals surface area contributed by atoms with E-state index >= 15 is 0 Å². The molecule has 0 saturated heterocycles. The lowest BCUT2D eigenvalue weighted by Crippen LogP contribution is -2.03. The normalized spacial score (nSPS) is 10.4. The molecule has 0 spiro atoms. The van der Waals surface area contributed by atoms with Crippen molar-refractivity contribution in [2.24, 2.45) is 0 Å². The van der Waals surface area contributed by atoms with E-state index in [4.69, 9.17) is 5.11 Å². The molecule has 2 aromatic rings. The number of hydrogen-bond acceptors (Lipinski definition) is 2. The van der Waals surface area contributed by atoms with Crippen LogP contribution in [0, 0.1) is 24.4 Å². The first-order valence-electron chi connectivity index (χ1n) is 5.63. The lowest BCUT2D eigenvalue weighted by atomic mass is 10.1. The zero-order chi connectivity index (χ0) is 14.9. The summed E-state index contributed by atoms with van der Waals surface area (Å²) < 4.78 is 40.6. The molecule has 0 aliphatic heterocycles. The van der Waals surface area contributed by atoms with Crippen molar-refractivity contribution in [3.05, 3.63) is 58.9 Å². The molecule has 2 N–H and O–H groups in total. The van der Waals surface area contributed by atoms with Crippen molar-refractivity contribution in [3.63, 3.8) is 0 Å². The Labute approximate surface area is 112 Å². The third-order valence-electron chi connectivity index (χ3n) is 2.60. The summed E-state index contributed by atoms with van der Waals surface area (Å²) in [4.78, 5) is 10.7. The topological polar surface area (TPSA) is 49.3 Å². The maximum atomic E-state index is 13.7. The molecule has 0 saturated carbocycles. The molecule has 0 atom stereocenters. The van der Waals surface area contributed by atoms with Crippen LogP contribution >= 0.6 is 0 Å². The Morgan fingerprint density at radius 3 is 2.15 bits per heavy atom. The monoisotopic (exact) mass is 281 g/mol. The van der Waals surface area contributed by atoms with Crippen molar-refractivity contribution in [3.8, 4) is 0 Å². The third-order valence-corrected chi connectivity index (χ3v) is 2.60. The van der Waals surface area contributed by atoms with E-state index in [-0.39, 0.29) is 5.69 Å². The lowest BCUT2D eigenvalue weighted by Gasteiger charge is -2.10. The van der Waals surface area contributed by atoms with Crippen LogP contribution in [0.3, 0.4) is 0 Å². The number of aromatic carboxylic acids is 1. The van der Waals surface area contributed by atoms with Gasteiger partial charge in [-0.3, -0.25) is 0 Å². The Kier molecular flexibility index (Phi) is 3.65. The highest BCUT2D eigenvalue weighted by Crippen LogP contribution is 2.26. The van der Waals surface area contributed by atoms with Crippen LogP contribution in [0.2, 0.25) is 0 Å². The first-order valence-corrected chi connectivity index (χ1v) is 5.63. The maximum absolute atomic E-state index is 13.7. The SMILES string of the molecule is Cc1cc(F)cc(Nc2c(F)cc(C(=O)O)cc2F)c1. The molecule has 0 aliphatic carbocycles. The molecule has 0 heterocycles. The van der Waals surface area contributed by atoms with Crippen molar-refractivity contribution in [2.45, 2.75) is 6.92 Å². The summed E-state index contributed by atoms with van der Waals surface area (Å²) in [5, 5.41) is 11.1. The molecule has 20 heavy (non-hydrogen) atoms. The second-order valence-electron chi connectivity index (χ2n) is 4.26. The fourth-order valence-electron chi connectivity index (χ4n) is 1.77. The average Bonchev–Trinajstić information content (AvgIpc) is 2.32. The second kappa shape index (κ2) is 5.24. The number of hydrogen-bond donors (Lipinski definition) is 2. The molecule has 0 fully saturated rings. The Hall–Kier alpha value is -2.50. The Morgan fingerprint density at radius 1 is 1.05 bits per heavy atom. The van der Waals surface area contributed by atoms with Crippen molar-refractivity contribution in [2.75, 3.05) is 5.32 Å². The van der Waals surface area contributed by atoms with E-state index in [1.165, 1.54) is 12.1 Å². The standard InChI is InChI=1S/C14H10F3NO2/c1-7-2-9(15)6-10(3-7)18-13-11(16)4-8(14(19)20)5-12(13)17/h2-6,18H,1H3,(H,19,20). The van der Waals surface area contributed by atoms with Gasteiger partial charge >= 0.3 is 5.97 Å². The molecular formula is C14H10F3NO2. The molecule has 0 amide bonds. The summed E-state index contributed by atoms with van der Waals surface area (Å²) in [7, 11) is 0. The molecule has 0 aliphatic rings. The number of rotatable bonds is 3. The van der Waals surface area contributed by atoms with E-state index in [2.05, 4.69) is 5.32 Å². The smallest absolute Gasteiger partial charge is 0.335 e. The van der Waals surface area contributed by atoms with Gasteiger partial charge in [-0.15, -0.1) is 0 Å². The second-order valence-corrected chi connectivity index (χ2v) is 4.26. The van der Waals surface area contributed by atoms with E-state index in [0.717, 1.165) is 6.07 Å². The van der Waals surface area contributed by atoms with Crippen LogP contribution in [0.1, 0.15) is 15.9 Å². The number of nitrogens with one attached hydrogen (secondary N) is 1. The van der Waals surface area contributed by atoms with Gasteiger partial charge in [0, 0.05) is 5.69 Å². The number of carbonyl (C=O) groups is 1. The molecule has 104 valence electrons. The molecular weight excluding hydrogens is 271 g/mol. The minimum Gasteiger partial charge on any atom is -0.478 e. The number of carboxylic acid groups (broad SMARTS) is 1. The molecule has 0 aromatic heterocycles. The first kappa shape index (κ1) is 13.9. The van der Waals surface area contributed by atoms with E-state index in [1.54, 1.807) is 6.92 Å². The van der Waals surface area contributed by atoms with Crippen LogP contribution < -0.4 is 5.32 Å². The molecule has 0 unspecified atom stereocenters. The Balaban J connectivity index is 2.41.